The van der Waals surface area contributed by atoms with Crippen LogP contribution in [0.2, 0.25) is 0 Å². The molecule has 0 radical (unpaired) electrons. The zero-order chi connectivity index (χ0) is 15.6. The molecule has 0 bridgehead atoms. The van der Waals surface area contributed by atoms with Crippen LogP contribution in [-0.2, 0) is 4.79 Å². The number of nitrogens with one attached hydrogen (secondary N) is 2. The topological polar surface area (TPSA) is 83.4 Å². The van der Waals surface area contributed by atoms with Gasteiger partial charge < -0.3 is 20.1 Å². The first kappa shape index (κ1) is 14.5. The lowest BCUT2D eigenvalue weighted by molar-refractivity contribution is -0.120. The van der Waals surface area contributed by atoms with Crippen molar-refractivity contribution in [2.45, 2.75) is 25.3 Å². The van der Waals surface area contributed by atoms with Crippen LogP contribution >= 0.6 is 0 Å². The average Bonchev–Trinajstić information content (AvgIpc) is 3.38. The van der Waals surface area contributed by atoms with E-state index in [1.54, 1.807) is 6.92 Å². The minimum atomic E-state index is -0.769. The number of amides is 1. The molecular weight excluding hydrogens is 282 g/mol. The van der Waals surface area contributed by atoms with Gasteiger partial charge in [0.05, 0.1) is 18.3 Å². The Kier molecular flexibility index (Phi) is 3.80. The molecule has 1 aromatic rings. The first-order valence-electron chi connectivity index (χ1n) is 7.47. The predicted octanol–water partition coefficient (Wildman–Crippen LogP) is 1.68. The fourth-order valence-corrected chi connectivity index (χ4v) is 2.60. The second kappa shape index (κ2) is 5.76. The van der Waals surface area contributed by atoms with Crippen molar-refractivity contribution in [3.8, 4) is 17.6 Å². The van der Waals surface area contributed by atoms with Crippen molar-refractivity contribution >= 4 is 11.6 Å². The number of carbonyl (C=O) groups excluding carboxylic acids is 1. The molecule has 3 rings (SSSR count). The van der Waals surface area contributed by atoms with Crippen LogP contribution in [0.4, 0.5) is 5.69 Å². The third-order valence-corrected chi connectivity index (χ3v) is 4.03. The van der Waals surface area contributed by atoms with Crippen molar-refractivity contribution < 1.29 is 14.3 Å². The van der Waals surface area contributed by atoms with E-state index in [0.29, 0.717) is 24.7 Å². The molecule has 6 heteroatoms. The molecule has 1 aliphatic heterocycles. The van der Waals surface area contributed by atoms with Crippen LogP contribution in [-0.4, -0.2) is 31.2 Å². The number of nitriles is 1. The van der Waals surface area contributed by atoms with Gasteiger partial charge in [0.2, 0.25) is 5.91 Å². The van der Waals surface area contributed by atoms with Gasteiger partial charge in [0, 0.05) is 0 Å². The van der Waals surface area contributed by atoms with Crippen LogP contribution in [0.3, 0.4) is 0 Å². The summed E-state index contributed by atoms with van der Waals surface area (Å²) in [5, 5.41) is 15.1. The van der Waals surface area contributed by atoms with Gasteiger partial charge in [-0.25, -0.2) is 0 Å². The fraction of sp³-hybridized carbons (Fsp3) is 0.500. The highest BCUT2D eigenvalue weighted by Crippen LogP contribution is 2.39. The van der Waals surface area contributed by atoms with E-state index in [1.165, 1.54) is 0 Å². The highest BCUT2D eigenvalue weighted by atomic mass is 16.6. The predicted molar refractivity (Wildman–Crippen MR) is 80.8 cm³/mol. The zero-order valence-corrected chi connectivity index (χ0v) is 12.5. The molecule has 1 atom stereocenters. The van der Waals surface area contributed by atoms with Crippen LogP contribution in [0, 0.1) is 17.2 Å². The van der Waals surface area contributed by atoms with E-state index >= 15 is 0 Å². The third-order valence-electron chi connectivity index (χ3n) is 4.03. The van der Waals surface area contributed by atoms with Crippen LogP contribution < -0.4 is 20.1 Å². The maximum absolute atomic E-state index is 12.1. The normalized spacial score (nSPS) is 18.7. The number of carbonyl (C=O) groups is 1. The molecule has 1 aliphatic carbocycles. The van der Waals surface area contributed by atoms with Gasteiger partial charge >= 0.3 is 0 Å². The average molecular weight is 301 g/mol. The second-order valence-electron chi connectivity index (χ2n) is 5.82. The molecular formula is C16H19N3O3. The summed E-state index contributed by atoms with van der Waals surface area (Å²) in [4.78, 5) is 12.1. The van der Waals surface area contributed by atoms with E-state index in [9.17, 15) is 10.1 Å². The first-order chi connectivity index (χ1) is 10.6. The summed E-state index contributed by atoms with van der Waals surface area (Å²) in [6.07, 6.45) is 1.99. The van der Waals surface area contributed by atoms with E-state index in [4.69, 9.17) is 9.47 Å². The molecule has 0 saturated heterocycles. The molecule has 2 aliphatic rings. The number of benzene rings is 1. The maximum atomic E-state index is 12.1. The lowest BCUT2D eigenvalue weighted by Gasteiger charge is -2.24. The van der Waals surface area contributed by atoms with E-state index < -0.39 is 5.54 Å². The number of para-hydroxylation sites is 1. The Bertz CT molecular complexity index is 622. The summed E-state index contributed by atoms with van der Waals surface area (Å²) in [6, 6.07) is 7.73. The van der Waals surface area contributed by atoms with E-state index in [1.807, 2.05) is 18.2 Å². The van der Waals surface area contributed by atoms with Crippen LogP contribution in [0.5, 0.6) is 11.5 Å². The van der Waals surface area contributed by atoms with Gasteiger partial charge in [-0.1, -0.05) is 6.07 Å². The molecule has 0 spiro atoms. The summed E-state index contributed by atoms with van der Waals surface area (Å²) in [5.41, 5.74) is -0.0495. The highest BCUT2D eigenvalue weighted by molar-refractivity contribution is 5.82. The molecule has 6 nitrogen and oxygen atoms in total. The van der Waals surface area contributed by atoms with Crippen molar-refractivity contribution in [2.75, 3.05) is 25.1 Å². The van der Waals surface area contributed by atoms with Gasteiger partial charge in [0.1, 0.15) is 18.8 Å². The summed E-state index contributed by atoms with van der Waals surface area (Å²) >= 11 is 0. The Balaban J connectivity index is 1.61. The Labute approximate surface area is 129 Å². The number of fused-ring (bicyclic) bond motifs is 1. The van der Waals surface area contributed by atoms with Gasteiger partial charge in [-0.2, -0.15) is 5.26 Å². The molecule has 22 heavy (non-hydrogen) atoms. The number of nitrogens with zero attached hydrogens (tertiary/aromatic N) is 1. The molecule has 2 N–H and O–H groups in total. The maximum Gasteiger partial charge on any atom is 0.240 e. The SMILES string of the molecule is CC(C#N)(NC(=O)CNc1cccc2c1OCCO2)C1CC1. The Hall–Kier alpha value is -2.42. The molecule has 1 amide bonds. The van der Waals surface area contributed by atoms with Crippen LogP contribution in [0.25, 0.3) is 0 Å². The molecule has 1 heterocycles. The monoisotopic (exact) mass is 301 g/mol. The fourth-order valence-electron chi connectivity index (χ4n) is 2.60. The van der Waals surface area contributed by atoms with E-state index in [2.05, 4.69) is 16.7 Å². The molecule has 1 fully saturated rings. The van der Waals surface area contributed by atoms with Gasteiger partial charge in [-0.05, 0) is 37.8 Å². The molecule has 1 saturated carbocycles. The van der Waals surface area contributed by atoms with Crippen molar-refractivity contribution in [2.24, 2.45) is 5.92 Å². The smallest absolute Gasteiger partial charge is 0.240 e. The van der Waals surface area contributed by atoms with Crippen molar-refractivity contribution in [1.29, 1.82) is 5.26 Å². The number of anilines is 1. The minimum Gasteiger partial charge on any atom is -0.486 e. The zero-order valence-electron chi connectivity index (χ0n) is 12.5. The van der Waals surface area contributed by atoms with E-state index in [-0.39, 0.29) is 18.4 Å². The molecule has 1 unspecified atom stereocenters. The van der Waals surface area contributed by atoms with Gasteiger partial charge in [-0.3, -0.25) is 4.79 Å². The van der Waals surface area contributed by atoms with Crippen molar-refractivity contribution in [3.05, 3.63) is 18.2 Å². The number of hydrogen-bond acceptors (Lipinski definition) is 5. The number of ether oxygens (including phenoxy) is 2. The Morgan fingerprint density at radius 1 is 1.41 bits per heavy atom. The van der Waals surface area contributed by atoms with E-state index in [0.717, 1.165) is 18.5 Å². The number of rotatable bonds is 5. The lowest BCUT2D eigenvalue weighted by Crippen LogP contribution is -2.48. The summed E-state index contributed by atoms with van der Waals surface area (Å²) in [6.45, 7) is 2.89. The molecule has 1 aromatic carbocycles. The Morgan fingerprint density at radius 2 is 2.18 bits per heavy atom. The third kappa shape index (κ3) is 2.93. The standard InChI is InChI=1S/C16H19N3O3/c1-16(10-17,11-5-6-11)19-14(20)9-18-12-3-2-4-13-15(12)22-8-7-21-13/h2-4,11,18H,5-9H2,1H3,(H,19,20). The number of hydrogen-bond donors (Lipinski definition) is 2. The summed E-state index contributed by atoms with van der Waals surface area (Å²) in [5.74, 6) is 1.37. The van der Waals surface area contributed by atoms with Crippen molar-refractivity contribution in [1.82, 2.24) is 5.32 Å². The minimum absolute atomic E-state index is 0.0871. The van der Waals surface area contributed by atoms with Gasteiger partial charge in [-0.15, -0.1) is 0 Å². The second-order valence-corrected chi connectivity index (χ2v) is 5.82. The lowest BCUT2D eigenvalue weighted by atomic mass is 9.98. The van der Waals surface area contributed by atoms with Gasteiger partial charge in [0.25, 0.3) is 0 Å². The largest absolute Gasteiger partial charge is 0.486 e. The first-order valence-corrected chi connectivity index (χ1v) is 7.47. The van der Waals surface area contributed by atoms with Crippen molar-refractivity contribution in [3.63, 3.8) is 0 Å². The summed E-state index contributed by atoms with van der Waals surface area (Å²) in [7, 11) is 0. The summed E-state index contributed by atoms with van der Waals surface area (Å²) < 4.78 is 11.1. The van der Waals surface area contributed by atoms with Crippen LogP contribution in [0.15, 0.2) is 18.2 Å². The molecule has 116 valence electrons. The molecule has 0 aromatic heterocycles. The quantitative estimate of drug-likeness (QED) is 0.864. The van der Waals surface area contributed by atoms with Gasteiger partial charge in [0.15, 0.2) is 11.5 Å². The Morgan fingerprint density at radius 3 is 2.91 bits per heavy atom. The van der Waals surface area contributed by atoms with Crippen LogP contribution in [0.1, 0.15) is 19.8 Å². The highest BCUT2D eigenvalue weighted by Gasteiger charge is 2.42.